The molecule has 0 saturated carbocycles. The van der Waals surface area contributed by atoms with E-state index in [0.29, 0.717) is 0 Å². The predicted octanol–water partition coefficient (Wildman–Crippen LogP) is 2.37. The van der Waals surface area contributed by atoms with E-state index in [4.69, 9.17) is 0 Å². The molecule has 0 atom stereocenters. The Balaban J connectivity index is 3.09. The molecule has 13 heavy (non-hydrogen) atoms. The summed E-state index contributed by atoms with van der Waals surface area (Å²) in [6, 6.07) is 2.19. The molecule has 1 rings (SSSR count). The fraction of sp³-hybridized carbons (Fsp3) is 0.545. The van der Waals surface area contributed by atoms with E-state index in [1.54, 1.807) is 7.05 Å². The lowest BCUT2D eigenvalue weighted by Gasteiger charge is -2.15. The van der Waals surface area contributed by atoms with Gasteiger partial charge in [-0.05, 0) is 17.0 Å². The van der Waals surface area contributed by atoms with Crippen molar-refractivity contribution in [1.82, 2.24) is 4.57 Å². The SMILES string of the molecule is CN=Cc1cc(C(C)(C)C)cn1C. The van der Waals surface area contributed by atoms with Crippen LogP contribution in [0.1, 0.15) is 32.0 Å². The molecular formula is C11H18N2. The lowest BCUT2D eigenvalue weighted by Crippen LogP contribution is -2.09. The minimum absolute atomic E-state index is 0.220. The van der Waals surface area contributed by atoms with E-state index in [1.165, 1.54) is 5.56 Å². The molecule has 0 bridgehead atoms. The molecule has 0 N–H and O–H groups in total. The number of rotatable bonds is 1. The van der Waals surface area contributed by atoms with Gasteiger partial charge in [-0.2, -0.15) is 0 Å². The van der Waals surface area contributed by atoms with Crippen LogP contribution in [0.15, 0.2) is 17.3 Å². The quantitative estimate of drug-likeness (QED) is 0.587. The molecule has 0 fully saturated rings. The number of hydrogen-bond acceptors (Lipinski definition) is 1. The first-order chi connectivity index (χ1) is 5.95. The van der Waals surface area contributed by atoms with Gasteiger partial charge in [0.15, 0.2) is 0 Å². The molecule has 1 heterocycles. The lowest BCUT2D eigenvalue weighted by molar-refractivity contribution is 0.589. The molecule has 0 aliphatic carbocycles. The highest BCUT2D eigenvalue weighted by molar-refractivity contribution is 5.78. The minimum atomic E-state index is 0.220. The van der Waals surface area contributed by atoms with Crippen molar-refractivity contribution in [2.45, 2.75) is 26.2 Å². The van der Waals surface area contributed by atoms with Crippen molar-refractivity contribution >= 4 is 6.21 Å². The highest BCUT2D eigenvalue weighted by atomic mass is 14.9. The average Bonchev–Trinajstić information content (AvgIpc) is 2.32. The largest absolute Gasteiger partial charge is 0.350 e. The molecule has 0 aliphatic rings. The summed E-state index contributed by atoms with van der Waals surface area (Å²) in [7, 11) is 3.84. The zero-order valence-corrected chi connectivity index (χ0v) is 9.13. The van der Waals surface area contributed by atoms with Crippen molar-refractivity contribution in [3.8, 4) is 0 Å². The summed E-state index contributed by atoms with van der Waals surface area (Å²) in [6.07, 6.45) is 4.05. The van der Waals surface area contributed by atoms with Crippen LogP contribution in [0.4, 0.5) is 0 Å². The van der Waals surface area contributed by atoms with E-state index in [0.717, 1.165) is 5.69 Å². The monoisotopic (exact) mass is 178 g/mol. The highest BCUT2D eigenvalue weighted by Gasteiger charge is 2.15. The third-order valence-corrected chi connectivity index (χ3v) is 2.17. The Hall–Kier alpha value is -1.05. The minimum Gasteiger partial charge on any atom is -0.350 e. The number of nitrogens with zero attached hydrogens (tertiary/aromatic N) is 2. The van der Waals surface area contributed by atoms with Crippen LogP contribution < -0.4 is 0 Å². The van der Waals surface area contributed by atoms with Crippen LogP contribution >= 0.6 is 0 Å². The molecule has 2 heteroatoms. The number of aliphatic imine (C=N–C) groups is 1. The summed E-state index contributed by atoms with van der Waals surface area (Å²) in [6.45, 7) is 6.65. The molecule has 1 aromatic rings. The van der Waals surface area contributed by atoms with Crippen LogP contribution in [-0.2, 0) is 12.5 Å². The van der Waals surface area contributed by atoms with Gasteiger partial charge in [-0.3, -0.25) is 4.99 Å². The fourth-order valence-corrected chi connectivity index (χ4v) is 1.25. The van der Waals surface area contributed by atoms with Gasteiger partial charge in [-0.1, -0.05) is 20.8 Å². The molecule has 1 aromatic heterocycles. The smallest absolute Gasteiger partial charge is 0.0588 e. The molecule has 0 radical (unpaired) electrons. The second kappa shape index (κ2) is 3.36. The van der Waals surface area contributed by atoms with Crippen molar-refractivity contribution in [3.05, 3.63) is 23.5 Å². The number of hydrogen-bond donors (Lipinski definition) is 0. The van der Waals surface area contributed by atoms with Crippen LogP contribution in [0.25, 0.3) is 0 Å². The Bertz CT molecular complexity index is 313. The maximum Gasteiger partial charge on any atom is 0.0588 e. The summed E-state index contributed by atoms with van der Waals surface area (Å²) in [5.74, 6) is 0. The zero-order chi connectivity index (χ0) is 10.1. The molecule has 0 amide bonds. The van der Waals surface area contributed by atoms with Crippen molar-refractivity contribution in [2.75, 3.05) is 7.05 Å². The van der Waals surface area contributed by atoms with Crippen LogP contribution in [-0.4, -0.2) is 17.8 Å². The third kappa shape index (κ3) is 2.20. The van der Waals surface area contributed by atoms with Crippen LogP contribution in [0.2, 0.25) is 0 Å². The fourth-order valence-electron chi connectivity index (χ4n) is 1.25. The van der Waals surface area contributed by atoms with Gasteiger partial charge in [0.05, 0.1) is 5.69 Å². The van der Waals surface area contributed by atoms with Gasteiger partial charge in [0.1, 0.15) is 0 Å². The Morgan fingerprint density at radius 3 is 2.38 bits per heavy atom. The third-order valence-electron chi connectivity index (χ3n) is 2.17. The van der Waals surface area contributed by atoms with Gasteiger partial charge < -0.3 is 4.57 Å². The Kier molecular flexibility index (Phi) is 2.60. The average molecular weight is 178 g/mol. The van der Waals surface area contributed by atoms with E-state index in [1.807, 2.05) is 13.3 Å². The Morgan fingerprint density at radius 1 is 1.38 bits per heavy atom. The number of aryl methyl sites for hydroxylation is 1. The summed E-state index contributed by atoms with van der Waals surface area (Å²) in [5.41, 5.74) is 2.73. The summed E-state index contributed by atoms with van der Waals surface area (Å²) < 4.78 is 2.10. The summed E-state index contributed by atoms with van der Waals surface area (Å²) in [4.78, 5) is 4.02. The van der Waals surface area contributed by atoms with E-state index in [2.05, 4.69) is 42.6 Å². The molecule has 0 aromatic carbocycles. The second-order valence-electron chi connectivity index (χ2n) is 4.40. The topological polar surface area (TPSA) is 17.3 Å². The van der Waals surface area contributed by atoms with Crippen LogP contribution in [0, 0.1) is 0 Å². The van der Waals surface area contributed by atoms with Crippen molar-refractivity contribution < 1.29 is 0 Å². The molecular weight excluding hydrogens is 160 g/mol. The Morgan fingerprint density at radius 2 is 2.00 bits per heavy atom. The summed E-state index contributed by atoms with van der Waals surface area (Å²) in [5, 5.41) is 0. The van der Waals surface area contributed by atoms with E-state index >= 15 is 0 Å². The zero-order valence-electron chi connectivity index (χ0n) is 9.13. The standard InChI is InChI=1S/C11H18N2/c1-11(2,3)9-6-10(7-12-4)13(5)8-9/h6-8H,1-5H3. The molecule has 72 valence electrons. The first-order valence-electron chi connectivity index (χ1n) is 4.54. The van der Waals surface area contributed by atoms with Gasteiger partial charge in [-0.15, -0.1) is 0 Å². The van der Waals surface area contributed by atoms with Gasteiger partial charge in [0, 0.05) is 26.5 Å². The second-order valence-corrected chi connectivity index (χ2v) is 4.40. The van der Waals surface area contributed by atoms with E-state index in [-0.39, 0.29) is 5.41 Å². The summed E-state index contributed by atoms with van der Waals surface area (Å²) >= 11 is 0. The van der Waals surface area contributed by atoms with Crippen molar-refractivity contribution in [1.29, 1.82) is 0 Å². The lowest BCUT2D eigenvalue weighted by atomic mass is 9.89. The first-order valence-corrected chi connectivity index (χ1v) is 4.54. The van der Waals surface area contributed by atoms with Crippen molar-refractivity contribution in [2.24, 2.45) is 12.0 Å². The maximum atomic E-state index is 4.02. The first kappa shape index (κ1) is 10.0. The van der Waals surface area contributed by atoms with Gasteiger partial charge in [0.2, 0.25) is 0 Å². The van der Waals surface area contributed by atoms with Crippen molar-refractivity contribution in [3.63, 3.8) is 0 Å². The number of aromatic nitrogens is 1. The van der Waals surface area contributed by atoms with Gasteiger partial charge in [-0.25, -0.2) is 0 Å². The Labute approximate surface area is 80.3 Å². The predicted molar refractivity (Wildman–Crippen MR) is 57.6 cm³/mol. The highest BCUT2D eigenvalue weighted by Crippen LogP contribution is 2.23. The molecule has 0 saturated heterocycles. The van der Waals surface area contributed by atoms with Gasteiger partial charge >= 0.3 is 0 Å². The molecule has 0 aliphatic heterocycles. The maximum absolute atomic E-state index is 4.02. The van der Waals surface area contributed by atoms with Crippen LogP contribution in [0.5, 0.6) is 0 Å². The van der Waals surface area contributed by atoms with E-state index < -0.39 is 0 Å². The molecule has 0 unspecified atom stereocenters. The normalized spacial score (nSPS) is 12.7. The van der Waals surface area contributed by atoms with Crippen LogP contribution in [0.3, 0.4) is 0 Å². The molecule has 0 spiro atoms. The van der Waals surface area contributed by atoms with Gasteiger partial charge in [0.25, 0.3) is 0 Å². The van der Waals surface area contributed by atoms with E-state index in [9.17, 15) is 0 Å². The molecule has 2 nitrogen and oxygen atoms in total.